The molecule has 0 amide bonds. The summed E-state index contributed by atoms with van der Waals surface area (Å²) in [5.41, 5.74) is 1.83. The van der Waals surface area contributed by atoms with Crippen molar-refractivity contribution in [1.82, 2.24) is 15.0 Å². The van der Waals surface area contributed by atoms with Gasteiger partial charge in [0.05, 0.1) is 31.1 Å². The van der Waals surface area contributed by atoms with Crippen LogP contribution in [-0.4, -0.2) is 67.6 Å². The first-order valence-electron chi connectivity index (χ1n) is 8.10. The van der Waals surface area contributed by atoms with Crippen molar-refractivity contribution >= 4 is 53.5 Å². The molecule has 2 aliphatic heterocycles. The molecular weight excluding hydrogens is 346 g/mol. The van der Waals surface area contributed by atoms with Gasteiger partial charge < -0.3 is 19.3 Å². The zero-order valence-electron chi connectivity index (χ0n) is 13.1. The van der Waals surface area contributed by atoms with E-state index in [-0.39, 0.29) is 0 Å². The van der Waals surface area contributed by atoms with Crippen LogP contribution in [0.25, 0.3) is 20.6 Å². The Labute approximate surface area is 146 Å². The van der Waals surface area contributed by atoms with E-state index in [4.69, 9.17) is 19.4 Å². The third kappa shape index (κ3) is 2.52. The Bertz CT molecular complexity index is 796. The fourth-order valence-corrected chi connectivity index (χ4v) is 5.14. The van der Waals surface area contributed by atoms with Crippen LogP contribution in [0.15, 0.2) is 6.20 Å². The van der Waals surface area contributed by atoms with Crippen molar-refractivity contribution in [3.8, 4) is 0 Å². The van der Waals surface area contributed by atoms with Crippen molar-refractivity contribution in [2.24, 2.45) is 0 Å². The van der Waals surface area contributed by atoms with Crippen molar-refractivity contribution in [1.29, 1.82) is 0 Å². The van der Waals surface area contributed by atoms with E-state index in [1.807, 2.05) is 6.20 Å². The van der Waals surface area contributed by atoms with Crippen LogP contribution in [0.5, 0.6) is 0 Å². The van der Waals surface area contributed by atoms with Gasteiger partial charge in [-0.3, -0.25) is 0 Å². The summed E-state index contributed by atoms with van der Waals surface area (Å²) < 4.78 is 13.1. The van der Waals surface area contributed by atoms with Crippen molar-refractivity contribution < 1.29 is 9.47 Å². The average molecular weight is 363 g/mol. The molecule has 3 aromatic heterocycles. The Kier molecular flexibility index (Phi) is 3.73. The van der Waals surface area contributed by atoms with Gasteiger partial charge in [-0.15, -0.1) is 0 Å². The number of aromatic nitrogens is 3. The highest BCUT2D eigenvalue weighted by Crippen LogP contribution is 2.37. The van der Waals surface area contributed by atoms with E-state index < -0.39 is 0 Å². The molecule has 0 bridgehead atoms. The van der Waals surface area contributed by atoms with Gasteiger partial charge in [-0.2, -0.15) is 4.98 Å². The summed E-state index contributed by atoms with van der Waals surface area (Å²) in [6.45, 7) is 6.64. The second kappa shape index (κ2) is 6.07. The monoisotopic (exact) mass is 363 g/mol. The summed E-state index contributed by atoms with van der Waals surface area (Å²) in [7, 11) is 0. The molecule has 5 heterocycles. The van der Waals surface area contributed by atoms with Crippen LogP contribution >= 0.6 is 22.7 Å². The first kappa shape index (κ1) is 14.8. The van der Waals surface area contributed by atoms with Gasteiger partial charge in [0.15, 0.2) is 15.9 Å². The molecule has 3 aromatic rings. The first-order chi connectivity index (χ1) is 11.9. The Morgan fingerprint density at radius 3 is 2.12 bits per heavy atom. The highest BCUT2D eigenvalue weighted by atomic mass is 32.1. The molecule has 7 nitrogen and oxygen atoms in total. The molecule has 0 N–H and O–H groups in total. The van der Waals surface area contributed by atoms with Crippen molar-refractivity contribution in [2.45, 2.75) is 0 Å². The van der Waals surface area contributed by atoms with Crippen molar-refractivity contribution in [3.05, 3.63) is 6.20 Å². The van der Waals surface area contributed by atoms with Crippen LogP contribution < -0.4 is 9.80 Å². The first-order valence-corrected chi connectivity index (χ1v) is 9.73. The Morgan fingerprint density at radius 1 is 0.833 bits per heavy atom. The summed E-state index contributed by atoms with van der Waals surface area (Å²) in [4.78, 5) is 18.7. The molecule has 0 saturated carbocycles. The predicted octanol–water partition coefficient (Wildman–Crippen LogP) is 1.97. The number of morpholine rings is 2. The van der Waals surface area contributed by atoms with E-state index >= 15 is 0 Å². The largest absolute Gasteiger partial charge is 0.378 e. The fourth-order valence-electron chi connectivity index (χ4n) is 3.01. The molecule has 9 heteroatoms. The maximum atomic E-state index is 5.44. The van der Waals surface area contributed by atoms with E-state index in [0.29, 0.717) is 0 Å². The highest BCUT2D eigenvalue weighted by molar-refractivity contribution is 7.25. The second-order valence-electron chi connectivity index (χ2n) is 5.82. The molecule has 126 valence electrons. The molecule has 0 atom stereocenters. The van der Waals surface area contributed by atoms with E-state index in [0.717, 1.165) is 83.4 Å². The lowest BCUT2D eigenvalue weighted by Gasteiger charge is -2.26. The van der Waals surface area contributed by atoms with Gasteiger partial charge in [0.25, 0.3) is 0 Å². The number of hydrogen-bond acceptors (Lipinski definition) is 9. The number of ether oxygens (including phenoxy) is 2. The van der Waals surface area contributed by atoms with Crippen LogP contribution in [0, 0.1) is 0 Å². The number of hydrogen-bond donors (Lipinski definition) is 0. The smallest absolute Gasteiger partial charge is 0.188 e. The van der Waals surface area contributed by atoms with Crippen LogP contribution in [-0.2, 0) is 9.47 Å². The van der Waals surface area contributed by atoms with Gasteiger partial charge in [0.2, 0.25) is 0 Å². The molecule has 2 fully saturated rings. The summed E-state index contributed by atoms with van der Waals surface area (Å²) >= 11 is 3.40. The van der Waals surface area contributed by atoms with Crippen LogP contribution in [0.4, 0.5) is 10.3 Å². The highest BCUT2D eigenvalue weighted by Gasteiger charge is 2.20. The van der Waals surface area contributed by atoms with Gasteiger partial charge in [0, 0.05) is 32.4 Å². The number of fused-ring (bicyclic) bond motifs is 3. The summed E-state index contributed by atoms with van der Waals surface area (Å²) in [5.74, 6) is 0. The SMILES string of the molecule is c1nc2nc(N3CCOCC3)sc2c2nc(N3CCOCC3)sc12. The number of pyridine rings is 1. The molecule has 24 heavy (non-hydrogen) atoms. The van der Waals surface area contributed by atoms with Crippen LogP contribution in [0.1, 0.15) is 0 Å². The van der Waals surface area contributed by atoms with Gasteiger partial charge in [-0.25, -0.2) is 9.97 Å². The molecule has 0 unspecified atom stereocenters. The lowest BCUT2D eigenvalue weighted by molar-refractivity contribution is 0.122. The van der Waals surface area contributed by atoms with Crippen molar-refractivity contribution in [2.75, 3.05) is 62.4 Å². The molecule has 0 aliphatic carbocycles. The maximum Gasteiger partial charge on any atom is 0.188 e. The lowest BCUT2D eigenvalue weighted by atomic mass is 10.4. The van der Waals surface area contributed by atoms with Crippen LogP contribution in [0.3, 0.4) is 0 Å². The van der Waals surface area contributed by atoms with E-state index in [1.54, 1.807) is 22.7 Å². The molecule has 0 aromatic carbocycles. The quantitative estimate of drug-likeness (QED) is 0.690. The van der Waals surface area contributed by atoms with Gasteiger partial charge in [0.1, 0.15) is 10.2 Å². The molecule has 0 spiro atoms. The number of rotatable bonds is 2. The number of thiazole rings is 2. The Hall–Kier alpha value is -1.55. The third-order valence-corrected chi connectivity index (χ3v) is 6.49. The van der Waals surface area contributed by atoms with Crippen LogP contribution in [0.2, 0.25) is 0 Å². The second-order valence-corrected chi connectivity index (χ2v) is 7.80. The topological polar surface area (TPSA) is 63.6 Å². The normalized spacial score (nSPS) is 19.5. The Balaban J connectivity index is 1.55. The summed E-state index contributed by atoms with van der Waals surface area (Å²) in [5, 5.41) is 2.08. The Morgan fingerprint density at radius 2 is 1.46 bits per heavy atom. The fraction of sp³-hybridized carbons (Fsp3) is 0.533. The zero-order chi connectivity index (χ0) is 15.9. The zero-order valence-corrected chi connectivity index (χ0v) is 14.7. The van der Waals surface area contributed by atoms with E-state index in [9.17, 15) is 0 Å². The van der Waals surface area contributed by atoms with E-state index in [1.165, 1.54) is 0 Å². The van der Waals surface area contributed by atoms with E-state index in [2.05, 4.69) is 14.8 Å². The van der Waals surface area contributed by atoms with Gasteiger partial charge >= 0.3 is 0 Å². The number of nitrogens with zero attached hydrogens (tertiary/aromatic N) is 5. The minimum absolute atomic E-state index is 0.761. The average Bonchev–Trinajstić information content (AvgIpc) is 3.27. The van der Waals surface area contributed by atoms with Gasteiger partial charge in [-0.05, 0) is 0 Å². The molecule has 0 radical (unpaired) electrons. The lowest BCUT2D eigenvalue weighted by Crippen LogP contribution is -2.36. The molecular formula is C15H17N5O2S2. The molecule has 2 saturated heterocycles. The minimum atomic E-state index is 0.761. The minimum Gasteiger partial charge on any atom is -0.378 e. The maximum absolute atomic E-state index is 5.44. The van der Waals surface area contributed by atoms with Crippen molar-refractivity contribution in [3.63, 3.8) is 0 Å². The third-order valence-electron chi connectivity index (χ3n) is 4.32. The molecule has 5 rings (SSSR count). The summed E-state index contributed by atoms with van der Waals surface area (Å²) in [6, 6.07) is 0. The standard InChI is InChI=1S/C15H17N5O2S2/c1-5-21-6-2-19(1)14-17-11-10(23-14)9-16-13-12(11)24-15(18-13)20-3-7-22-8-4-20/h9H,1-8H2. The molecule has 2 aliphatic rings. The summed E-state index contributed by atoms with van der Waals surface area (Å²) in [6.07, 6.45) is 1.90. The predicted molar refractivity (Wildman–Crippen MR) is 96.7 cm³/mol. The number of anilines is 2. The van der Waals surface area contributed by atoms with Gasteiger partial charge in [-0.1, -0.05) is 22.7 Å².